The van der Waals surface area contributed by atoms with Gasteiger partial charge >= 0.3 is 0 Å². The Labute approximate surface area is 124 Å². The summed E-state index contributed by atoms with van der Waals surface area (Å²) in [6.45, 7) is 0. The van der Waals surface area contributed by atoms with E-state index in [1.165, 1.54) is 0 Å². The molecule has 0 aliphatic carbocycles. The molecule has 21 heavy (non-hydrogen) atoms. The zero-order valence-corrected chi connectivity index (χ0v) is 11.5. The summed E-state index contributed by atoms with van der Waals surface area (Å²) in [6.07, 6.45) is 3.27. The lowest BCUT2D eigenvalue weighted by Gasteiger charge is -1.97. The fourth-order valence-electron chi connectivity index (χ4n) is 1.82. The van der Waals surface area contributed by atoms with Gasteiger partial charge in [0.05, 0.1) is 11.4 Å². The number of hydrogen-bond donors (Lipinski definition) is 2. The van der Waals surface area contributed by atoms with Gasteiger partial charge in [-0.05, 0) is 30.3 Å². The molecule has 104 valence electrons. The van der Waals surface area contributed by atoms with Gasteiger partial charge in [0.1, 0.15) is 0 Å². The van der Waals surface area contributed by atoms with Crippen LogP contribution in [0.4, 0.5) is 11.4 Å². The van der Waals surface area contributed by atoms with Crippen LogP contribution < -0.4 is 5.56 Å². The number of nitrogens with one attached hydrogen (secondary N) is 2. The van der Waals surface area contributed by atoms with Gasteiger partial charge in [-0.3, -0.25) is 20.0 Å². The van der Waals surface area contributed by atoms with E-state index < -0.39 is 0 Å². The van der Waals surface area contributed by atoms with Crippen LogP contribution >= 0.6 is 11.6 Å². The van der Waals surface area contributed by atoms with Crippen molar-refractivity contribution in [1.29, 1.82) is 0 Å². The molecule has 0 saturated heterocycles. The molecule has 0 aliphatic heterocycles. The Bertz CT molecular complexity index is 838. The number of azo groups is 1. The average Bonchev–Trinajstić information content (AvgIpc) is 2.87. The Morgan fingerprint density at radius 3 is 2.62 bits per heavy atom. The van der Waals surface area contributed by atoms with Crippen molar-refractivity contribution in [3.8, 4) is 11.3 Å². The number of nitrogens with zero attached hydrogens (tertiary/aromatic N) is 3. The second-order valence-corrected chi connectivity index (χ2v) is 4.65. The summed E-state index contributed by atoms with van der Waals surface area (Å²) in [6, 6.07) is 10.5. The molecule has 0 fully saturated rings. The van der Waals surface area contributed by atoms with Crippen molar-refractivity contribution in [2.24, 2.45) is 10.2 Å². The predicted octanol–water partition coefficient (Wildman–Crippen LogP) is 3.83. The van der Waals surface area contributed by atoms with Crippen LogP contribution in [0.25, 0.3) is 11.3 Å². The van der Waals surface area contributed by atoms with Crippen molar-refractivity contribution < 1.29 is 0 Å². The van der Waals surface area contributed by atoms with Gasteiger partial charge in [-0.1, -0.05) is 17.7 Å². The van der Waals surface area contributed by atoms with Gasteiger partial charge in [0.2, 0.25) is 0 Å². The summed E-state index contributed by atoms with van der Waals surface area (Å²) in [5, 5.41) is 13.9. The van der Waals surface area contributed by atoms with Crippen LogP contribution in [0.1, 0.15) is 0 Å². The van der Waals surface area contributed by atoms with Crippen molar-refractivity contribution in [3.63, 3.8) is 0 Å². The normalized spacial score (nSPS) is 11.1. The zero-order chi connectivity index (χ0) is 14.7. The summed E-state index contributed by atoms with van der Waals surface area (Å²) in [5.74, 6) is 0. The maximum atomic E-state index is 11.8. The van der Waals surface area contributed by atoms with E-state index in [1.807, 2.05) is 0 Å². The largest absolute Gasteiger partial charge is 0.295 e. The molecule has 6 nitrogen and oxygen atoms in total. The lowest BCUT2D eigenvalue weighted by molar-refractivity contribution is 1.06. The number of pyridine rings is 1. The molecule has 2 heterocycles. The van der Waals surface area contributed by atoms with Crippen molar-refractivity contribution in [3.05, 3.63) is 64.2 Å². The fraction of sp³-hybridized carbons (Fsp3) is 0. The molecule has 0 saturated carbocycles. The van der Waals surface area contributed by atoms with Gasteiger partial charge in [-0.2, -0.15) is 5.11 Å². The molecular weight excluding hydrogens is 290 g/mol. The number of aromatic nitrogens is 3. The topological polar surface area (TPSA) is 86.3 Å². The van der Waals surface area contributed by atoms with E-state index in [0.29, 0.717) is 16.4 Å². The van der Waals surface area contributed by atoms with Gasteiger partial charge in [0, 0.05) is 23.0 Å². The highest BCUT2D eigenvalue weighted by Gasteiger charge is 2.11. The third-order valence-electron chi connectivity index (χ3n) is 2.80. The van der Waals surface area contributed by atoms with Crippen LogP contribution in [0.3, 0.4) is 0 Å². The molecule has 0 atom stereocenters. The van der Waals surface area contributed by atoms with Crippen LogP contribution in [-0.4, -0.2) is 15.2 Å². The van der Waals surface area contributed by atoms with Gasteiger partial charge in [0.15, 0.2) is 5.69 Å². The number of aromatic amines is 2. The Morgan fingerprint density at radius 2 is 1.86 bits per heavy atom. The van der Waals surface area contributed by atoms with E-state index in [4.69, 9.17) is 11.6 Å². The molecule has 2 aromatic heterocycles. The Morgan fingerprint density at radius 1 is 1.05 bits per heavy atom. The van der Waals surface area contributed by atoms with Crippen LogP contribution in [0, 0.1) is 0 Å². The monoisotopic (exact) mass is 299 g/mol. The van der Waals surface area contributed by atoms with Crippen molar-refractivity contribution >= 4 is 23.0 Å². The van der Waals surface area contributed by atoms with E-state index in [-0.39, 0.29) is 11.2 Å². The molecule has 3 rings (SSSR count). The Kier molecular flexibility index (Phi) is 3.61. The molecule has 1 aromatic carbocycles. The second-order valence-electron chi connectivity index (χ2n) is 4.22. The summed E-state index contributed by atoms with van der Waals surface area (Å²) in [7, 11) is 0. The van der Waals surface area contributed by atoms with Crippen LogP contribution in [-0.2, 0) is 0 Å². The minimum Gasteiger partial charge on any atom is -0.295 e. The minimum atomic E-state index is -0.340. The molecule has 2 N–H and O–H groups in total. The Hall–Kier alpha value is -2.73. The van der Waals surface area contributed by atoms with E-state index in [1.54, 1.807) is 48.8 Å². The first kappa shape index (κ1) is 13.3. The van der Waals surface area contributed by atoms with Crippen molar-refractivity contribution in [1.82, 2.24) is 15.2 Å². The molecule has 3 aromatic rings. The number of rotatable bonds is 3. The molecular formula is C14H10ClN5O. The molecule has 7 heteroatoms. The van der Waals surface area contributed by atoms with Gasteiger partial charge < -0.3 is 0 Å². The summed E-state index contributed by atoms with van der Waals surface area (Å²) >= 11 is 5.88. The maximum Gasteiger partial charge on any atom is 0.292 e. The molecule has 0 spiro atoms. The highest BCUT2D eigenvalue weighted by molar-refractivity contribution is 6.30. The highest BCUT2D eigenvalue weighted by Crippen LogP contribution is 2.26. The molecule has 0 radical (unpaired) electrons. The lowest BCUT2D eigenvalue weighted by atomic mass is 10.2. The maximum absolute atomic E-state index is 11.8. The number of H-pyrrole nitrogens is 2. The fourth-order valence-corrected chi connectivity index (χ4v) is 2.00. The van der Waals surface area contributed by atoms with E-state index >= 15 is 0 Å². The standard InChI is InChI=1S/C14H10ClN5O/c15-10-2-1-3-11(8-10)17-19-13-12(18-20-14(13)21)9-4-6-16-7-5-9/h1-8H,(H2,18,20,21). The van der Waals surface area contributed by atoms with Gasteiger partial charge in [-0.25, -0.2) is 0 Å². The van der Waals surface area contributed by atoms with Gasteiger partial charge in [-0.15, -0.1) is 5.11 Å². The highest BCUT2D eigenvalue weighted by atomic mass is 35.5. The molecule has 0 unspecified atom stereocenters. The zero-order valence-electron chi connectivity index (χ0n) is 10.7. The van der Waals surface area contributed by atoms with E-state index in [2.05, 4.69) is 25.4 Å². The quantitative estimate of drug-likeness (QED) is 0.720. The lowest BCUT2D eigenvalue weighted by Crippen LogP contribution is -1.96. The van der Waals surface area contributed by atoms with Crippen LogP contribution in [0.15, 0.2) is 63.8 Å². The van der Waals surface area contributed by atoms with Crippen LogP contribution in [0.2, 0.25) is 5.02 Å². The molecule has 0 aliphatic rings. The third-order valence-corrected chi connectivity index (χ3v) is 3.03. The third kappa shape index (κ3) is 2.90. The van der Waals surface area contributed by atoms with Crippen molar-refractivity contribution in [2.45, 2.75) is 0 Å². The van der Waals surface area contributed by atoms with Crippen molar-refractivity contribution in [2.75, 3.05) is 0 Å². The first-order valence-electron chi connectivity index (χ1n) is 6.12. The van der Waals surface area contributed by atoms with Crippen LogP contribution in [0.5, 0.6) is 0 Å². The van der Waals surface area contributed by atoms with Gasteiger partial charge in [0.25, 0.3) is 5.56 Å². The second kappa shape index (κ2) is 5.72. The SMILES string of the molecule is O=c1[nH][nH]c(-c2ccncc2)c1N=Nc1cccc(Cl)c1. The number of halogens is 1. The number of hydrogen-bond acceptors (Lipinski definition) is 4. The van der Waals surface area contributed by atoms with E-state index in [0.717, 1.165) is 5.56 Å². The summed E-state index contributed by atoms with van der Waals surface area (Å²) in [5.41, 5.74) is 1.80. The average molecular weight is 300 g/mol. The molecule has 0 bridgehead atoms. The summed E-state index contributed by atoms with van der Waals surface area (Å²) < 4.78 is 0. The molecule has 0 amide bonds. The first-order chi connectivity index (χ1) is 10.2. The smallest absolute Gasteiger partial charge is 0.292 e. The first-order valence-corrected chi connectivity index (χ1v) is 6.50. The minimum absolute atomic E-state index is 0.209. The summed E-state index contributed by atoms with van der Waals surface area (Å²) in [4.78, 5) is 15.8. The Balaban J connectivity index is 2.00. The van der Waals surface area contributed by atoms with E-state index in [9.17, 15) is 4.79 Å². The number of benzene rings is 1. The predicted molar refractivity (Wildman–Crippen MR) is 80.3 cm³/mol.